The molecule has 4 rings (SSSR count). The monoisotopic (exact) mass is 381 g/mol. The van der Waals surface area contributed by atoms with Crippen LogP contribution >= 0.6 is 0 Å². The average Bonchev–Trinajstić information content (AvgIpc) is 2.75. The molecule has 2 aliphatic heterocycles. The summed E-state index contributed by atoms with van der Waals surface area (Å²) in [5.74, 6) is -0.127. The number of aromatic nitrogens is 2. The number of nitrogens with one attached hydrogen (secondary N) is 1. The molecule has 28 heavy (non-hydrogen) atoms. The number of amides is 2. The van der Waals surface area contributed by atoms with Crippen molar-refractivity contribution in [1.82, 2.24) is 24.9 Å². The van der Waals surface area contributed by atoms with Gasteiger partial charge in [0.15, 0.2) is 0 Å². The van der Waals surface area contributed by atoms with Crippen LogP contribution < -0.4 is 10.9 Å². The van der Waals surface area contributed by atoms with E-state index in [1.54, 1.807) is 17.0 Å². The number of carbonyl (C=O) groups excluding carboxylic acids is 2. The molecule has 2 aliphatic rings. The predicted molar refractivity (Wildman–Crippen MR) is 103 cm³/mol. The van der Waals surface area contributed by atoms with Gasteiger partial charge < -0.3 is 15.1 Å². The van der Waals surface area contributed by atoms with Gasteiger partial charge in [0.25, 0.3) is 11.5 Å². The zero-order valence-corrected chi connectivity index (χ0v) is 15.6. The summed E-state index contributed by atoms with van der Waals surface area (Å²) in [6.07, 6.45) is 1.73. The van der Waals surface area contributed by atoms with Gasteiger partial charge in [0.2, 0.25) is 5.91 Å². The molecule has 8 heteroatoms. The molecular weight excluding hydrogens is 358 g/mol. The van der Waals surface area contributed by atoms with Gasteiger partial charge >= 0.3 is 0 Å². The highest BCUT2D eigenvalue weighted by molar-refractivity contribution is 5.92. The van der Waals surface area contributed by atoms with Crippen LogP contribution in [0.3, 0.4) is 0 Å². The standard InChI is InChI=1S/C20H23N5O3/c26-18-9-8-17(22-25(18)15-5-2-1-3-6-15)20(28)23-11-4-7-16(14-23)24-12-10-21-13-19(24)27/h1-3,5-6,8-9,16,21H,4,7,10-14H2. The lowest BCUT2D eigenvalue weighted by Crippen LogP contribution is -2.57. The first-order chi connectivity index (χ1) is 13.6. The van der Waals surface area contributed by atoms with Gasteiger partial charge in [-0.3, -0.25) is 14.4 Å². The van der Waals surface area contributed by atoms with Gasteiger partial charge in [0.05, 0.1) is 12.2 Å². The number of benzene rings is 1. The third kappa shape index (κ3) is 3.68. The number of hydrogen-bond donors (Lipinski definition) is 1. The van der Waals surface area contributed by atoms with Crippen LogP contribution in [0.15, 0.2) is 47.3 Å². The zero-order valence-electron chi connectivity index (χ0n) is 15.6. The van der Waals surface area contributed by atoms with E-state index in [4.69, 9.17) is 0 Å². The SMILES string of the molecule is O=C(c1ccc(=O)n(-c2ccccc2)n1)N1CCCC(N2CCNCC2=O)C1. The van der Waals surface area contributed by atoms with Gasteiger partial charge in [-0.2, -0.15) is 9.78 Å². The summed E-state index contributed by atoms with van der Waals surface area (Å²) >= 11 is 0. The molecule has 146 valence electrons. The van der Waals surface area contributed by atoms with Crippen molar-refractivity contribution in [3.05, 3.63) is 58.5 Å². The summed E-state index contributed by atoms with van der Waals surface area (Å²) in [6, 6.07) is 11.9. The first kappa shape index (κ1) is 18.4. The second kappa shape index (κ2) is 7.93. The molecule has 0 saturated carbocycles. The molecule has 1 unspecified atom stereocenters. The van der Waals surface area contributed by atoms with Crippen LogP contribution in [0.25, 0.3) is 5.69 Å². The second-order valence-corrected chi connectivity index (χ2v) is 7.12. The van der Waals surface area contributed by atoms with E-state index in [0.717, 1.165) is 19.4 Å². The van der Waals surface area contributed by atoms with Crippen molar-refractivity contribution in [1.29, 1.82) is 0 Å². The minimum atomic E-state index is -0.286. The quantitative estimate of drug-likeness (QED) is 0.825. The summed E-state index contributed by atoms with van der Waals surface area (Å²) in [6.45, 7) is 2.93. The van der Waals surface area contributed by atoms with Gasteiger partial charge in [-0.1, -0.05) is 18.2 Å². The van der Waals surface area contributed by atoms with Gasteiger partial charge in [-0.05, 0) is 31.0 Å². The Morgan fingerprint density at radius 1 is 1.07 bits per heavy atom. The largest absolute Gasteiger partial charge is 0.336 e. The molecule has 8 nitrogen and oxygen atoms in total. The fourth-order valence-corrected chi connectivity index (χ4v) is 3.84. The fourth-order valence-electron chi connectivity index (χ4n) is 3.84. The minimum absolute atomic E-state index is 0.0346. The topological polar surface area (TPSA) is 87.5 Å². The molecule has 2 saturated heterocycles. The third-order valence-corrected chi connectivity index (χ3v) is 5.27. The first-order valence-electron chi connectivity index (χ1n) is 9.59. The summed E-state index contributed by atoms with van der Waals surface area (Å²) in [4.78, 5) is 41.0. The van der Waals surface area contributed by atoms with E-state index in [1.807, 2.05) is 23.1 Å². The molecule has 2 amide bonds. The molecule has 1 aromatic carbocycles. The van der Waals surface area contributed by atoms with E-state index in [1.165, 1.54) is 16.8 Å². The van der Waals surface area contributed by atoms with Gasteiger partial charge in [-0.15, -0.1) is 0 Å². The maximum atomic E-state index is 13.0. The maximum Gasteiger partial charge on any atom is 0.274 e. The second-order valence-electron chi connectivity index (χ2n) is 7.12. The van der Waals surface area contributed by atoms with E-state index in [2.05, 4.69) is 10.4 Å². The summed E-state index contributed by atoms with van der Waals surface area (Å²) < 4.78 is 1.24. The predicted octanol–water partition coefficient (Wildman–Crippen LogP) is 0.269. The number of rotatable bonds is 3. The molecule has 2 aromatic rings. The molecular formula is C20H23N5O3. The zero-order chi connectivity index (χ0) is 19.5. The van der Waals surface area contributed by atoms with Crippen LogP contribution in [0.1, 0.15) is 23.3 Å². The van der Waals surface area contributed by atoms with Gasteiger partial charge in [0, 0.05) is 38.3 Å². The third-order valence-electron chi connectivity index (χ3n) is 5.27. The van der Waals surface area contributed by atoms with E-state index >= 15 is 0 Å². The Morgan fingerprint density at radius 3 is 2.68 bits per heavy atom. The Kier molecular flexibility index (Phi) is 5.21. The van der Waals surface area contributed by atoms with Crippen LogP contribution in [0.4, 0.5) is 0 Å². The van der Waals surface area contributed by atoms with E-state index in [-0.39, 0.29) is 29.1 Å². The van der Waals surface area contributed by atoms with Crippen molar-refractivity contribution in [2.75, 3.05) is 32.7 Å². The Bertz CT molecular complexity index is 927. The van der Waals surface area contributed by atoms with Crippen molar-refractivity contribution < 1.29 is 9.59 Å². The van der Waals surface area contributed by atoms with Gasteiger partial charge in [-0.25, -0.2) is 0 Å². The highest BCUT2D eigenvalue weighted by Gasteiger charge is 2.32. The smallest absolute Gasteiger partial charge is 0.274 e. The molecule has 0 aliphatic carbocycles. The molecule has 0 bridgehead atoms. The van der Waals surface area contributed by atoms with Crippen molar-refractivity contribution in [3.63, 3.8) is 0 Å². The number of hydrogen-bond acceptors (Lipinski definition) is 5. The number of piperazine rings is 1. The van der Waals surface area contributed by atoms with Crippen molar-refractivity contribution >= 4 is 11.8 Å². The lowest BCUT2D eigenvalue weighted by Gasteiger charge is -2.41. The molecule has 0 radical (unpaired) electrons. The summed E-state index contributed by atoms with van der Waals surface area (Å²) in [7, 11) is 0. The van der Waals surface area contributed by atoms with Crippen LogP contribution in [-0.2, 0) is 4.79 Å². The van der Waals surface area contributed by atoms with Crippen LogP contribution in [0, 0.1) is 0 Å². The van der Waals surface area contributed by atoms with Crippen LogP contribution in [0.5, 0.6) is 0 Å². The molecule has 3 heterocycles. The Labute approximate surface area is 162 Å². The highest BCUT2D eigenvalue weighted by atomic mass is 16.2. The Hall–Kier alpha value is -3.00. The Morgan fingerprint density at radius 2 is 1.89 bits per heavy atom. The number of likely N-dealkylation sites (tertiary alicyclic amines) is 1. The normalized spacial score (nSPS) is 20.3. The van der Waals surface area contributed by atoms with Crippen molar-refractivity contribution in [2.24, 2.45) is 0 Å². The number of nitrogens with zero attached hydrogens (tertiary/aromatic N) is 4. The van der Waals surface area contributed by atoms with E-state index < -0.39 is 0 Å². The van der Waals surface area contributed by atoms with E-state index in [0.29, 0.717) is 31.9 Å². The Balaban J connectivity index is 1.54. The molecule has 0 spiro atoms. The molecule has 1 atom stereocenters. The highest BCUT2D eigenvalue weighted by Crippen LogP contribution is 2.18. The summed E-state index contributed by atoms with van der Waals surface area (Å²) in [5, 5.41) is 7.37. The first-order valence-corrected chi connectivity index (χ1v) is 9.59. The van der Waals surface area contributed by atoms with Crippen molar-refractivity contribution in [3.8, 4) is 5.69 Å². The number of piperidine rings is 1. The van der Waals surface area contributed by atoms with Crippen LogP contribution in [-0.4, -0.2) is 70.2 Å². The molecule has 1 aromatic heterocycles. The van der Waals surface area contributed by atoms with Crippen molar-refractivity contribution in [2.45, 2.75) is 18.9 Å². The van der Waals surface area contributed by atoms with Crippen LogP contribution in [0.2, 0.25) is 0 Å². The fraction of sp³-hybridized carbons (Fsp3) is 0.400. The molecule has 2 fully saturated rings. The lowest BCUT2D eigenvalue weighted by molar-refractivity contribution is -0.135. The van der Waals surface area contributed by atoms with E-state index in [9.17, 15) is 14.4 Å². The van der Waals surface area contributed by atoms with Gasteiger partial charge in [0.1, 0.15) is 5.69 Å². The number of para-hydroxylation sites is 1. The average molecular weight is 381 g/mol. The number of carbonyl (C=O) groups is 2. The minimum Gasteiger partial charge on any atom is -0.336 e. The lowest BCUT2D eigenvalue weighted by atomic mass is 10.0. The summed E-state index contributed by atoms with van der Waals surface area (Å²) in [5.41, 5.74) is 0.562. The maximum absolute atomic E-state index is 13.0. The molecule has 1 N–H and O–H groups in total.